The van der Waals surface area contributed by atoms with Crippen LogP contribution in [0.2, 0.25) is 0 Å². The third-order valence-corrected chi connectivity index (χ3v) is 4.79. The van der Waals surface area contributed by atoms with Crippen molar-refractivity contribution in [2.75, 3.05) is 28.4 Å². The molecule has 3 aromatic carbocycles. The molecule has 7 heteroatoms. The second-order valence-electron chi connectivity index (χ2n) is 6.80. The predicted octanol–water partition coefficient (Wildman–Crippen LogP) is 4.84. The summed E-state index contributed by atoms with van der Waals surface area (Å²) in [6, 6.07) is 16.4. The quantitative estimate of drug-likeness (QED) is 0.201. The fraction of sp³-hybridized carbons (Fsp3) is 0.154. The number of ketones is 1. The smallest absolute Gasteiger partial charge is 0.343 e. The van der Waals surface area contributed by atoms with Gasteiger partial charge in [0.25, 0.3) is 0 Å². The average molecular weight is 448 g/mol. The van der Waals surface area contributed by atoms with Gasteiger partial charge in [-0.15, -0.1) is 0 Å². The Morgan fingerprint density at radius 1 is 0.667 bits per heavy atom. The monoisotopic (exact) mass is 448 g/mol. The molecule has 7 nitrogen and oxygen atoms in total. The van der Waals surface area contributed by atoms with Gasteiger partial charge in [-0.3, -0.25) is 4.79 Å². The lowest BCUT2D eigenvalue weighted by Crippen LogP contribution is -2.08. The van der Waals surface area contributed by atoms with E-state index in [1.807, 2.05) is 0 Å². The van der Waals surface area contributed by atoms with Crippen molar-refractivity contribution in [3.8, 4) is 28.7 Å². The Balaban J connectivity index is 1.69. The topological polar surface area (TPSA) is 80.3 Å². The highest BCUT2D eigenvalue weighted by Crippen LogP contribution is 2.38. The van der Waals surface area contributed by atoms with Gasteiger partial charge in [0.15, 0.2) is 17.3 Å². The summed E-state index contributed by atoms with van der Waals surface area (Å²) in [5, 5.41) is 0. The summed E-state index contributed by atoms with van der Waals surface area (Å²) in [5.41, 5.74) is 1.55. The van der Waals surface area contributed by atoms with E-state index in [4.69, 9.17) is 23.7 Å². The summed E-state index contributed by atoms with van der Waals surface area (Å²) in [6.45, 7) is 0. The van der Waals surface area contributed by atoms with Crippen molar-refractivity contribution in [2.24, 2.45) is 0 Å². The Morgan fingerprint density at radius 3 is 1.73 bits per heavy atom. The molecule has 0 fully saturated rings. The van der Waals surface area contributed by atoms with Crippen LogP contribution in [-0.4, -0.2) is 40.2 Å². The number of benzene rings is 3. The van der Waals surface area contributed by atoms with Crippen LogP contribution in [0.1, 0.15) is 26.3 Å². The van der Waals surface area contributed by atoms with Gasteiger partial charge in [-0.25, -0.2) is 4.79 Å². The van der Waals surface area contributed by atoms with Gasteiger partial charge in [-0.05, 0) is 72.3 Å². The first-order chi connectivity index (χ1) is 16.0. The molecule has 0 atom stereocenters. The van der Waals surface area contributed by atoms with Crippen molar-refractivity contribution in [1.82, 2.24) is 0 Å². The Labute approximate surface area is 192 Å². The molecule has 0 saturated heterocycles. The number of methoxy groups -OCH3 is 4. The molecule has 0 aliphatic heterocycles. The molecule has 0 heterocycles. The largest absolute Gasteiger partial charge is 0.497 e. The zero-order valence-electron chi connectivity index (χ0n) is 18.8. The van der Waals surface area contributed by atoms with Crippen molar-refractivity contribution in [1.29, 1.82) is 0 Å². The van der Waals surface area contributed by atoms with Gasteiger partial charge >= 0.3 is 5.97 Å². The van der Waals surface area contributed by atoms with Gasteiger partial charge in [0, 0.05) is 5.56 Å². The second kappa shape index (κ2) is 10.9. The number of ether oxygens (including phenoxy) is 5. The van der Waals surface area contributed by atoms with Crippen molar-refractivity contribution >= 4 is 17.8 Å². The number of carbonyl (C=O) groups excluding carboxylic acids is 2. The first-order valence-electron chi connectivity index (χ1n) is 9.97. The highest BCUT2D eigenvalue weighted by atomic mass is 16.5. The molecule has 0 spiro atoms. The van der Waals surface area contributed by atoms with Gasteiger partial charge < -0.3 is 23.7 Å². The molecule has 33 heavy (non-hydrogen) atoms. The first-order valence-corrected chi connectivity index (χ1v) is 9.97. The van der Waals surface area contributed by atoms with E-state index in [1.165, 1.54) is 27.4 Å². The van der Waals surface area contributed by atoms with Crippen LogP contribution >= 0.6 is 0 Å². The molecular formula is C26H24O7. The highest BCUT2D eigenvalue weighted by molar-refractivity contribution is 6.07. The summed E-state index contributed by atoms with van der Waals surface area (Å²) in [5.74, 6) is 1.73. The zero-order valence-corrected chi connectivity index (χ0v) is 18.8. The Morgan fingerprint density at radius 2 is 1.21 bits per heavy atom. The summed E-state index contributed by atoms with van der Waals surface area (Å²) in [6.07, 6.45) is 3.10. The van der Waals surface area contributed by atoms with E-state index in [2.05, 4.69) is 0 Å². The minimum Gasteiger partial charge on any atom is -0.497 e. The minimum atomic E-state index is -0.501. The Hall–Kier alpha value is -4.26. The maximum Gasteiger partial charge on any atom is 0.343 e. The van der Waals surface area contributed by atoms with E-state index in [0.717, 1.165) is 0 Å². The van der Waals surface area contributed by atoms with Crippen LogP contribution in [0.3, 0.4) is 0 Å². The number of hydrogen-bond acceptors (Lipinski definition) is 7. The maximum atomic E-state index is 12.6. The van der Waals surface area contributed by atoms with Gasteiger partial charge in [-0.2, -0.15) is 0 Å². The van der Waals surface area contributed by atoms with Crippen molar-refractivity contribution in [3.63, 3.8) is 0 Å². The van der Waals surface area contributed by atoms with Crippen LogP contribution < -0.4 is 23.7 Å². The fourth-order valence-corrected chi connectivity index (χ4v) is 3.05. The standard InChI is InChI=1S/C26H24O7/c1-29-20-10-8-19(9-11-20)26(28)33-21-12-6-18(7-13-21)22(27)14-5-17-15-23(30-2)25(32-4)24(16-17)31-3/h5-16H,1-4H3/b14-5+. The number of esters is 1. The fourth-order valence-electron chi connectivity index (χ4n) is 3.05. The van der Waals surface area contributed by atoms with Crippen LogP contribution in [0.25, 0.3) is 6.08 Å². The predicted molar refractivity (Wildman–Crippen MR) is 124 cm³/mol. The lowest BCUT2D eigenvalue weighted by molar-refractivity contribution is 0.0734. The normalized spacial score (nSPS) is 10.5. The minimum absolute atomic E-state index is 0.211. The summed E-state index contributed by atoms with van der Waals surface area (Å²) >= 11 is 0. The van der Waals surface area contributed by atoms with Gasteiger partial charge in [-0.1, -0.05) is 6.08 Å². The van der Waals surface area contributed by atoms with E-state index in [-0.39, 0.29) is 5.78 Å². The van der Waals surface area contributed by atoms with Crippen LogP contribution in [0, 0.1) is 0 Å². The maximum absolute atomic E-state index is 12.6. The molecule has 0 aliphatic rings. The molecule has 0 unspecified atom stereocenters. The van der Waals surface area contributed by atoms with E-state index in [9.17, 15) is 9.59 Å². The van der Waals surface area contributed by atoms with Crippen LogP contribution in [0.15, 0.2) is 66.7 Å². The molecule has 0 radical (unpaired) electrons. The second-order valence-corrected chi connectivity index (χ2v) is 6.80. The van der Waals surface area contributed by atoms with Crippen LogP contribution in [0.5, 0.6) is 28.7 Å². The Bertz CT molecular complexity index is 1120. The molecule has 3 aromatic rings. The van der Waals surface area contributed by atoms with E-state index < -0.39 is 5.97 Å². The average Bonchev–Trinajstić information content (AvgIpc) is 2.86. The highest BCUT2D eigenvalue weighted by Gasteiger charge is 2.13. The molecule has 3 rings (SSSR count). The Kier molecular flexibility index (Phi) is 7.70. The lowest BCUT2D eigenvalue weighted by atomic mass is 10.1. The number of hydrogen-bond donors (Lipinski definition) is 0. The molecule has 0 saturated carbocycles. The zero-order chi connectivity index (χ0) is 23.8. The summed E-state index contributed by atoms with van der Waals surface area (Å²) < 4.78 is 26.4. The van der Waals surface area contributed by atoms with Crippen LogP contribution in [0.4, 0.5) is 0 Å². The molecular weight excluding hydrogens is 424 g/mol. The van der Waals surface area contributed by atoms with E-state index >= 15 is 0 Å². The van der Waals surface area contributed by atoms with Gasteiger partial charge in [0.05, 0.1) is 34.0 Å². The summed E-state index contributed by atoms with van der Waals surface area (Å²) in [4.78, 5) is 24.8. The molecule has 170 valence electrons. The summed E-state index contributed by atoms with van der Waals surface area (Å²) in [7, 11) is 6.13. The number of carbonyl (C=O) groups is 2. The molecule has 0 amide bonds. The van der Waals surface area contributed by atoms with E-state index in [0.29, 0.717) is 45.4 Å². The first kappa shape index (κ1) is 23.4. The molecule has 0 aromatic heterocycles. The molecule has 0 N–H and O–H groups in total. The number of allylic oxidation sites excluding steroid dienone is 1. The SMILES string of the molecule is COc1ccc(C(=O)Oc2ccc(C(=O)/C=C/c3cc(OC)c(OC)c(OC)c3)cc2)cc1. The van der Waals surface area contributed by atoms with Gasteiger partial charge in [0.2, 0.25) is 5.75 Å². The molecule has 0 aliphatic carbocycles. The molecule has 0 bridgehead atoms. The van der Waals surface area contributed by atoms with Gasteiger partial charge in [0.1, 0.15) is 11.5 Å². The van der Waals surface area contributed by atoms with Crippen molar-refractivity contribution in [3.05, 3.63) is 83.4 Å². The third kappa shape index (κ3) is 5.71. The van der Waals surface area contributed by atoms with Crippen molar-refractivity contribution < 1.29 is 33.3 Å². The van der Waals surface area contributed by atoms with E-state index in [1.54, 1.807) is 73.8 Å². The third-order valence-electron chi connectivity index (χ3n) is 4.79. The number of rotatable bonds is 9. The van der Waals surface area contributed by atoms with Crippen LogP contribution in [-0.2, 0) is 0 Å². The van der Waals surface area contributed by atoms with Crippen molar-refractivity contribution in [2.45, 2.75) is 0 Å². The lowest BCUT2D eigenvalue weighted by Gasteiger charge is -2.12.